The maximum absolute atomic E-state index is 10.8. The van der Waals surface area contributed by atoms with Crippen LogP contribution in [0.5, 0.6) is 11.5 Å². The second-order valence-electron chi connectivity index (χ2n) is 5.94. The molecule has 0 spiro atoms. The van der Waals surface area contributed by atoms with Gasteiger partial charge in [0.2, 0.25) is 0 Å². The summed E-state index contributed by atoms with van der Waals surface area (Å²) in [5.41, 5.74) is -0.300. The molecule has 0 atom stereocenters. The number of fused-ring (bicyclic) bond motifs is 2. The number of benzene rings is 4. The van der Waals surface area contributed by atoms with Crippen LogP contribution in [0.3, 0.4) is 0 Å². The van der Waals surface area contributed by atoms with Crippen LogP contribution < -0.4 is 10.2 Å². The van der Waals surface area contributed by atoms with Crippen molar-refractivity contribution in [1.82, 2.24) is 0 Å². The average Bonchev–Trinajstić information content (AvgIpc) is 2.67. The van der Waals surface area contributed by atoms with Gasteiger partial charge < -0.3 is 30.0 Å². The second kappa shape index (κ2) is 9.82. The molecule has 0 amide bonds. The minimum atomic E-state index is -1.36. The third kappa shape index (κ3) is 4.92. The van der Waals surface area contributed by atoms with Crippen LogP contribution in [0.1, 0.15) is 20.7 Å². The van der Waals surface area contributed by atoms with Gasteiger partial charge in [0.15, 0.2) is 0 Å². The van der Waals surface area contributed by atoms with Crippen molar-refractivity contribution in [2.75, 3.05) is 0 Å². The number of carboxylic acids is 2. The van der Waals surface area contributed by atoms with Crippen LogP contribution in [0.2, 0.25) is 0 Å². The molecule has 0 aliphatic carbocycles. The van der Waals surface area contributed by atoms with E-state index in [1.54, 1.807) is 60.7 Å². The van der Waals surface area contributed by atoms with Crippen LogP contribution >= 0.6 is 0 Å². The van der Waals surface area contributed by atoms with E-state index in [2.05, 4.69) is 0 Å². The molecule has 0 unspecified atom stereocenters. The zero-order chi connectivity index (χ0) is 20.3. The van der Waals surface area contributed by atoms with Gasteiger partial charge in [0.05, 0.1) is 11.9 Å². The van der Waals surface area contributed by atoms with E-state index < -0.39 is 11.9 Å². The Morgan fingerprint density at radius 2 is 0.931 bits per heavy atom. The molecule has 140 valence electrons. The Labute approximate surface area is 206 Å². The van der Waals surface area contributed by atoms with Gasteiger partial charge in [-0.25, -0.2) is 0 Å². The summed E-state index contributed by atoms with van der Waals surface area (Å²) in [6.45, 7) is 0. The molecule has 0 fully saturated rings. The van der Waals surface area contributed by atoms with Crippen molar-refractivity contribution in [3.63, 3.8) is 0 Å². The van der Waals surface area contributed by atoms with E-state index in [4.69, 9.17) is 0 Å². The van der Waals surface area contributed by atoms with E-state index in [1.165, 1.54) is 12.1 Å². The number of aromatic hydroxyl groups is 2. The molecule has 0 heterocycles. The van der Waals surface area contributed by atoms with E-state index in [0.717, 1.165) is 10.8 Å². The molecule has 6 nitrogen and oxygen atoms in total. The van der Waals surface area contributed by atoms with Gasteiger partial charge in [0, 0.05) is 11.1 Å². The van der Waals surface area contributed by atoms with Gasteiger partial charge >= 0.3 is 48.9 Å². The third-order valence-electron chi connectivity index (χ3n) is 4.22. The summed E-state index contributed by atoms with van der Waals surface area (Å²) in [6.07, 6.45) is 0. The monoisotopic (exact) mass is 512 g/mol. The fourth-order valence-corrected chi connectivity index (χ4v) is 2.95. The van der Waals surface area contributed by atoms with Crippen LogP contribution in [-0.2, 0) is 0 Å². The summed E-state index contributed by atoms with van der Waals surface area (Å²) < 4.78 is 0. The number of hydrogen-bond donors (Lipinski definition) is 2. The Morgan fingerprint density at radius 1 is 0.586 bits per heavy atom. The van der Waals surface area contributed by atoms with Gasteiger partial charge in [-0.2, -0.15) is 0 Å². The molecular formula is C22H14BaO6. The van der Waals surface area contributed by atoms with E-state index >= 15 is 0 Å². The van der Waals surface area contributed by atoms with Gasteiger partial charge in [-0.3, -0.25) is 0 Å². The number of rotatable bonds is 2. The molecule has 29 heavy (non-hydrogen) atoms. The van der Waals surface area contributed by atoms with Crippen LogP contribution in [-0.4, -0.2) is 71.0 Å². The Morgan fingerprint density at radius 3 is 1.28 bits per heavy atom. The smallest absolute Gasteiger partial charge is 0.545 e. The number of carbonyl (C=O) groups is 2. The SMILES string of the molecule is O=C([O-])c1c(O)ccc2ccccc12.O=C([O-])c1c(O)ccc2ccccc12.[Ba+2]. The van der Waals surface area contributed by atoms with Crippen LogP contribution in [0.15, 0.2) is 72.8 Å². The molecule has 0 bridgehead atoms. The van der Waals surface area contributed by atoms with Gasteiger partial charge in [-0.15, -0.1) is 0 Å². The van der Waals surface area contributed by atoms with Crippen molar-refractivity contribution >= 4 is 82.4 Å². The number of carboxylic acid groups (broad SMARTS) is 2. The van der Waals surface area contributed by atoms with Gasteiger partial charge in [-0.05, 0) is 33.7 Å². The van der Waals surface area contributed by atoms with Crippen molar-refractivity contribution in [2.45, 2.75) is 0 Å². The van der Waals surface area contributed by atoms with E-state index in [9.17, 15) is 30.0 Å². The average molecular weight is 512 g/mol. The molecule has 0 aromatic heterocycles. The molecule has 7 heteroatoms. The molecule has 0 saturated carbocycles. The number of aromatic carboxylic acids is 2. The standard InChI is InChI=1S/2C11H8O3.Ba/c2*12-9-6-5-7-3-1-2-4-8(7)10(9)11(13)14;/h2*1-6,12H,(H,13,14);/q;;+2/p-2. The summed E-state index contributed by atoms with van der Waals surface area (Å²) >= 11 is 0. The minimum absolute atomic E-state index is 0. The maximum atomic E-state index is 10.8. The number of hydrogen-bond acceptors (Lipinski definition) is 6. The van der Waals surface area contributed by atoms with E-state index in [0.29, 0.717) is 10.8 Å². The first-order valence-electron chi connectivity index (χ1n) is 8.24. The second-order valence-corrected chi connectivity index (χ2v) is 5.94. The topological polar surface area (TPSA) is 121 Å². The zero-order valence-electron chi connectivity index (χ0n) is 15.2. The quantitative estimate of drug-likeness (QED) is 0.393. The summed E-state index contributed by atoms with van der Waals surface area (Å²) in [4.78, 5) is 21.5. The summed E-state index contributed by atoms with van der Waals surface area (Å²) in [5.74, 6) is -3.24. The van der Waals surface area contributed by atoms with Crippen LogP contribution in [0.25, 0.3) is 21.5 Å². The fraction of sp³-hybridized carbons (Fsp3) is 0. The molecule has 0 saturated heterocycles. The Balaban J connectivity index is 0.000000200. The molecule has 4 rings (SSSR count). The fourth-order valence-electron chi connectivity index (χ4n) is 2.95. The largest absolute Gasteiger partial charge is 2.00 e. The van der Waals surface area contributed by atoms with Gasteiger partial charge in [0.1, 0.15) is 11.5 Å². The molecule has 4 aromatic rings. The Kier molecular flexibility index (Phi) is 7.72. The zero-order valence-corrected chi connectivity index (χ0v) is 19.6. The predicted octanol–water partition coefficient (Wildman–Crippen LogP) is 1.44. The van der Waals surface area contributed by atoms with E-state index in [1.807, 2.05) is 0 Å². The van der Waals surface area contributed by atoms with E-state index in [-0.39, 0.29) is 71.5 Å². The first-order valence-corrected chi connectivity index (χ1v) is 8.24. The van der Waals surface area contributed by atoms with Crippen LogP contribution in [0, 0.1) is 0 Å². The number of carbonyl (C=O) groups excluding carboxylic acids is 2. The molecule has 4 aromatic carbocycles. The Hall–Kier alpha value is -2.49. The molecule has 0 radical (unpaired) electrons. The predicted molar refractivity (Wildman–Crippen MR) is 106 cm³/mol. The van der Waals surface area contributed by atoms with Crippen molar-refractivity contribution < 1.29 is 30.0 Å². The minimum Gasteiger partial charge on any atom is -0.545 e. The summed E-state index contributed by atoms with van der Waals surface area (Å²) in [5, 5.41) is 42.8. The first kappa shape index (κ1) is 22.8. The van der Waals surface area contributed by atoms with Crippen molar-refractivity contribution in [3.05, 3.63) is 83.9 Å². The van der Waals surface area contributed by atoms with Crippen molar-refractivity contribution in [3.8, 4) is 11.5 Å². The van der Waals surface area contributed by atoms with Crippen molar-refractivity contribution in [2.24, 2.45) is 0 Å². The maximum Gasteiger partial charge on any atom is 2.00 e. The number of phenols is 2. The summed E-state index contributed by atoms with van der Waals surface area (Å²) in [6, 6.07) is 19.9. The normalized spacial score (nSPS) is 9.93. The summed E-state index contributed by atoms with van der Waals surface area (Å²) in [7, 11) is 0. The van der Waals surface area contributed by atoms with Crippen LogP contribution in [0.4, 0.5) is 0 Å². The van der Waals surface area contributed by atoms with Gasteiger partial charge in [-0.1, -0.05) is 60.7 Å². The third-order valence-corrected chi connectivity index (χ3v) is 4.22. The van der Waals surface area contributed by atoms with Crippen molar-refractivity contribution in [1.29, 1.82) is 0 Å². The molecular weight excluding hydrogens is 498 g/mol. The Bertz CT molecular complexity index is 1110. The molecule has 0 aliphatic rings. The van der Waals surface area contributed by atoms with Gasteiger partial charge in [0.25, 0.3) is 0 Å². The molecule has 2 N–H and O–H groups in total. The first-order chi connectivity index (χ1) is 13.4. The molecule has 0 aliphatic heterocycles.